The fraction of sp³-hybridized carbons (Fsp3) is 0.423. The summed E-state index contributed by atoms with van der Waals surface area (Å²) in [5.41, 5.74) is 3.21. The standard InChI is InChI=1S/C26H30N2O4/c29-24(16-18-8-2-1-3-9-18)28-15-14-19-10-4-5-11-20(19)23(28)17-27-25(30)21-12-6-7-13-22(21)26(31)32/h1-5,8-11,21-23H,6-7,12-17H2,(H,27,30)(H,31,32). The Kier molecular flexibility index (Phi) is 6.88. The molecule has 168 valence electrons. The summed E-state index contributed by atoms with van der Waals surface area (Å²) in [6.07, 6.45) is 3.96. The van der Waals surface area contributed by atoms with Gasteiger partial charge in [-0.05, 0) is 36.0 Å². The summed E-state index contributed by atoms with van der Waals surface area (Å²) in [6.45, 7) is 0.892. The van der Waals surface area contributed by atoms with Crippen LogP contribution in [-0.4, -0.2) is 40.9 Å². The Morgan fingerprint density at radius 2 is 1.62 bits per heavy atom. The molecule has 1 aliphatic heterocycles. The lowest BCUT2D eigenvalue weighted by molar-refractivity contribution is -0.149. The van der Waals surface area contributed by atoms with E-state index in [2.05, 4.69) is 11.4 Å². The summed E-state index contributed by atoms with van der Waals surface area (Å²) in [5, 5.41) is 12.5. The highest BCUT2D eigenvalue weighted by atomic mass is 16.4. The van der Waals surface area contributed by atoms with Gasteiger partial charge in [0.15, 0.2) is 0 Å². The van der Waals surface area contributed by atoms with Crippen molar-refractivity contribution in [1.82, 2.24) is 10.2 Å². The number of nitrogens with zero attached hydrogens (tertiary/aromatic N) is 1. The zero-order valence-corrected chi connectivity index (χ0v) is 18.2. The first kappa shape index (κ1) is 22.1. The Morgan fingerprint density at radius 3 is 2.38 bits per heavy atom. The molecule has 4 rings (SSSR count). The van der Waals surface area contributed by atoms with Crippen LogP contribution in [0.4, 0.5) is 0 Å². The SMILES string of the molecule is O=C(O)C1CCCCC1C(=O)NCC1c2ccccc2CCN1C(=O)Cc1ccccc1. The van der Waals surface area contributed by atoms with Gasteiger partial charge < -0.3 is 15.3 Å². The largest absolute Gasteiger partial charge is 0.481 e. The number of nitrogens with one attached hydrogen (secondary N) is 1. The molecular formula is C26H30N2O4. The first-order valence-corrected chi connectivity index (χ1v) is 11.5. The van der Waals surface area contributed by atoms with E-state index in [0.717, 1.165) is 30.4 Å². The first-order valence-electron chi connectivity index (χ1n) is 11.5. The van der Waals surface area contributed by atoms with Crippen molar-refractivity contribution >= 4 is 17.8 Å². The van der Waals surface area contributed by atoms with E-state index in [1.807, 2.05) is 53.4 Å². The highest BCUT2D eigenvalue weighted by Gasteiger charge is 2.37. The minimum absolute atomic E-state index is 0.0334. The number of aliphatic carboxylic acids is 1. The summed E-state index contributed by atoms with van der Waals surface area (Å²) in [7, 11) is 0. The Bertz CT molecular complexity index is 975. The van der Waals surface area contributed by atoms with Crippen LogP contribution in [0.25, 0.3) is 0 Å². The third-order valence-corrected chi connectivity index (χ3v) is 6.82. The molecule has 3 unspecified atom stereocenters. The van der Waals surface area contributed by atoms with Crippen molar-refractivity contribution in [3.63, 3.8) is 0 Å². The second kappa shape index (κ2) is 9.98. The van der Waals surface area contributed by atoms with E-state index in [9.17, 15) is 19.5 Å². The number of hydrogen-bond donors (Lipinski definition) is 2. The molecule has 1 aliphatic carbocycles. The number of amides is 2. The summed E-state index contributed by atoms with van der Waals surface area (Å²) >= 11 is 0. The monoisotopic (exact) mass is 434 g/mol. The van der Waals surface area contributed by atoms with Gasteiger partial charge in [-0.2, -0.15) is 0 Å². The second-order valence-electron chi connectivity index (χ2n) is 8.79. The van der Waals surface area contributed by atoms with Crippen molar-refractivity contribution in [2.75, 3.05) is 13.1 Å². The van der Waals surface area contributed by atoms with Crippen LogP contribution in [0.2, 0.25) is 0 Å². The number of carbonyl (C=O) groups is 3. The zero-order chi connectivity index (χ0) is 22.5. The van der Waals surface area contributed by atoms with E-state index in [1.54, 1.807) is 0 Å². The van der Waals surface area contributed by atoms with Crippen LogP contribution in [0.1, 0.15) is 48.4 Å². The van der Waals surface area contributed by atoms with E-state index in [0.29, 0.717) is 32.4 Å². The topological polar surface area (TPSA) is 86.7 Å². The van der Waals surface area contributed by atoms with E-state index in [1.165, 1.54) is 5.56 Å². The fourth-order valence-electron chi connectivity index (χ4n) is 5.11. The Hall–Kier alpha value is -3.15. The number of rotatable bonds is 6. The molecule has 2 aliphatic rings. The first-order chi connectivity index (χ1) is 15.5. The molecule has 0 radical (unpaired) electrons. The average Bonchev–Trinajstić information content (AvgIpc) is 2.82. The van der Waals surface area contributed by atoms with Crippen molar-refractivity contribution < 1.29 is 19.5 Å². The number of carbonyl (C=O) groups excluding carboxylic acids is 2. The zero-order valence-electron chi connectivity index (χ0n) is 18.2. The maximum absolute atomic E-state index is 13.2. The molecule has 0 aromatic heterocycles. The summed E-state index contributed by atoms with van der Waals surface area (Å²) in [6, 6.07) is 17.5. The number of hydrogen-bond acceptors (Lipinski definition) is 3. The van der Waals surface area contributed by atoms with E-state index < -0.39 is 17.8 Å². The molecule has 0 saturated heterocycles. The fourth-order valence-corrected chi connectivity index (χ4v) is 5.11. The molecule has 2 aromatic rings. The van der Waals surface area contributed by atoms with Crippen LogP contribution >= 0.6 is 0 Å². The minimum atomic E-state index is -0.896. The smallest absolute Gasteiger partial charge is 0.307 e. The second-order valence-corrected chi connectivity index (χ2v) is 8.79. The lowest BCUT2D eigenvalue weighted by Crippen LogP contribution is -2.47. The number of benzene rings is 2. The molecule has 6 nitrogen and oxygen atoms in total. The third kappa shape index (κ3) is 4.85. The van der Waals surface area contributed by atoms with Gasteiger partial charge in [-0.25, -0.2) is 0 Å². The van der Waals surface area contributed by atoms with Gasteiger partial charge in [0, 0.05) is 13.1 Å². The minimum Gasteiger partial charge on any atom is -0.481 e. The van der Waals surface area contributed by atoms with Crippen LogP contribution in [0, 0.1) is 11.8 Å². The van der Waals surface area contributed by atoms with E-state index >= 15 is 0 Å². The normalized spacial score (nSPS) is 22.6. The van der Waals surface area contributed by atoms with E-state index in [-0.39, 0.29) is 17.9 Å². The summed E-state index contributed by atoms with van der Waals surface area (Å²) in [4.78, 5) is 39.7. The van der Waals surface area contributed by atoms with Crippen molar-refractivity contribution in [2.45, 2.75) is 44.6 Å². The third-order valence-electron chi connectivity index (χ3n) is 6.82. The molecular weight excluding hydrogens is 404 g/mol. The van der Waals surface area contributed by atoms with Gasteiger partial charge in [0.2, 0.25) is 11.8 Å². The maximum atomic E-state index is 13.2. The van der Waals surface area contributed by atoms with Gasteiger partial charge in [0.1, 0.15) is 0 Å². The average molecular weight is 435 g/mol. The molecule has 2 N–H and O–H groups in total. The van der Waals surface area contributed by atoms with Crippen LogP contribution in [0.3, 0.4) is 0 Å². The van der Waals surface area contributed by atoms with Gasteiger partial charge in [-0.15, -0.1) is 0 Å². The molecule has 6 heteroatoms. The van der Waals surface area contributed by atoms with Crippen molar-refractivity contribution in [3.8, 4) is 0 Å². The molecule has 32 heavy (non-hydrogen) atoms. The van der Waals surface area contributed by atoms with Crippen molar-refractivity contribution in [1.29, 1.82) is 0 Å². The Balaban J connectivity index is 1.50. The molecule has 2 aromatic carbocycles. The molecule has 0 spiro atoms. The molecule has 1 saturated carbocycles. The molecule has 1 fully saturated rings. The molecule has 2 amide bonds. The van der Waals surface area contributed by atoms with Crippen LogP contribution in [0.15, 0.2) is 54.6 Å². The number of carboxylic acid groups (broad SMARTS) is 1. The highest BCUT2D eigenvalue weighted by molar-refractivity contribution is 5.85. The number of fused-ring (bicyclic) bond motifs is 1. The van der Waals surface area contributed by atoms with Gasteiger partial charge in [-0.3, -0.25) is 14.4 Å². The highest BCUT2D eigenvalue weighted by Crippen LogP contribution is 2.32. The summed E-state index contributed by atoms with van der Waals surface area (Å²) < 4.78 is 0. The van der Waals surface area contributed by atoms with Crippen LogP contribution < -0.4 is 5.32 Å². The number of carboxylic acids is 1. The quantitative estimate of drug-likeness (QED) is 0.730. The predicted molar refractivity (Wildman–Crippen MR) is 121 cm³/mol. The van der Waals surface area contributed by atoms with E-state index in [4.69, 9.17) is 0 Å². The van der Waals surface area contributed by atoms with Crippen LogP contribution in [0.5, 0.6) is 0 Å². The van der Waals surface area contributed by atoms with Crippen LogP contribution in [-0.2, 0) is 27.2 Å². The van der Waals surface area contributed by atoms with Gasteiger partial charge in [0.05, 0.1) is 24.3 Å². The Morgan fingerprint density at radius 1 is 0.938 bits per heavy atom. The summed E-state index contributed by atoms with van der Waals surface area (Å²) in [5.74, 6) is -2.21. The van der Waals surface area contributed by atoms with Gasteiger partial charge >= 0.3 is 5.97 Å². The Labute approximate surface area is 188 Å². The molecule has 0 bridgehead atoms. The predicted octanol–water partition coefficient (Wildman–Crippen LogP) is 3.36. The lowest BCUT2D eigenvalue weighted by Gasteiger charge is -2.38. The maximum Gasteiger partial charge on any atom is 0.307 e. The van der Waals surface area contributed by atoms with Crippen molar-refractivity contribution in [3.05, 3.63) is 71.3 Å². The van der Waals surface area contributed by atoms with Crippen molar-refractivity contribution in [2.24, 2.45) is 11.8 Å². The lowest BCUT2D eigenvalue weighted by atomic mass is 9.78. The van der Waals surface area contributed by atoms with Gasteiger partial charge in [-0.1, -0.05) is 67.4 Å². The molecule has 1 heterocycles. The molecule has 3 atom stereocenters. The van der Waals surface area contributed by atoms with Gasteiger partial charge in [0.25, 0.3) is 0 Å².